The number of nitrogens with zero attached hydrogens (tertiary/aromatic N) is 1. The van der Waals surface area contributed by atoms with Gasteiger partial charge < -0.3 is 14.8 Å². The van der Waals surface area contributed by atoms with Gasteiger partial charge in [0.05, 0.1) is 22.3 Å². The molecule has 2 aromatic carbocycles. The summed E-state index contributed by atoms with van der Waals surface area (Å²) < 4.78 is 41.2. The van der Waals surface area contributed by atoms with E-state index in [4.69, 9.17) is 0 Å². The highest BCUT2D eigenvalue weighted by Crippen LogP contribution is 2.47. The first-order valence-electron chi connectivity index (χ1n) is 12.5. The lowest BCUT2D eigenvalue weighted by Gasteiger charge is -2.23. The Morgan fingerprint density at radius 3 is 2.24 bits per heavy atom. The molecule has 0 spiro atoms. The average Bonchev–Trinajstić information content (AvgIpc) is 3.42. The van der Waals surface area contributed by atoms with E-state index in [2.05, 4.69) is 0 Å². The fourth-order valence-corrected chi connectivity index (χ4v) is 6.67. The standard InChI is InChI=1S/C29H26F3NO4S/c30-29(31,32)15-17-5-4-8-21(13-17)18-9-11-20(12-10-18)26-25(19-6-2-1-3-7-19)27-22(33(26)16-24(34)35)14-23(38-27)28(36)37/h4-5,8-14,19H,1-3,6-7,15-16H2,(H,34,35)(H,36,37). The first-order chi connectivity index (χ1) is 18.1. The van der Waals surface area contributed by atoms with E-state index in [1.807, 2.05) is 24.3 Å². The molecule has 1 saturated carbocycles. The molecule has 5 nitrogen and oxygen atoms in total. The predicted molar refractivity (Wildman–Crippen MR) is 141 cm³/mol. The molecule has 9 heteroatoms. The molecule has 1 aliphatic carbocycles. The van der Waals surface area contributed by atoms with Gasteiger partial charge in [-0.15, -0.1) is 11.3 Å². The van der Waals surface area contributed by atoms with Crippen LogP contribution in [0.15, 0.2) is 54.6 Å². The van der Waals surface area contributed by atoms with Crippen LogP contribution in [0, 0.1) is 0 Å². The molecule has 1 aliphatic rings. The van der Waals surface area contributed by atoms with Crippen molar-refractivity contribution in [3.63, 3.8) is 0 Å². The number of carboxylic acid groups (broad SMARTS) is 2. The zero-order chi connectivity index (χ0) is 27.0. The highest BCUT2D eigenvalue weighted by Gasteiger charge is 2.30. The first kappa shape index (κ1) is 26.0. The fourth-order valence-electron chi connectivity index (χ4n) is 5.55. The summed E-state index contributed by atoms with van der Waals surface area (Å²) in [6.07, 6.45) is -0.145. The van der Waals surface area contributed by atoms with Crippen LogP contribution < -0.4 is 0 Å². The lowest BCUT2D eigenvalue weighted by Crippen LogP contribution is -2.12. The summed E-state index contributed by atoms with van der Waals surface area (Å²) in [5.74, 6) is -1.88. The number of carbonyl (C=O) groups is 2. The van der Waals surface area contributed by atoms with Gasteiger partial charge in [0.15, 0.2) is 0 Å². The largest absolute Gasteiger partial charge is 0.480 e. The molecule has 2 aromatic heterocycles. The molecule has 0 bridgehead atoms. The molecule has 0 radical (unpaired) electrons. The number of thiophene rings is 1. The van der Waals surface area contributed by atoms with Crippen molar-refractivity contribution in [3.8, 4) is 22.4 Å². The van der Waals surface area contributed by atoms with Crippen LogP contribution in [0.4, 0.5) is 13.2 Å². The van der Waals surface area contributed by atoms with Crippen molar-refractivity contribution in [1.29, 1.82) is 0 Å². The van der Waals surface area contributed by atoms with E-state index >= 15 is 0 Å². The van der Waals surface area contributed by atoms with E-state index in [0.29, 0.717) is 11.1 Å². The van der Waals surface area contributed by atoms with Crippen LogP contribution in [0.2, 0.25) is 0 Å². The molecule has 0 unspecified atom stereocenters. The number of halogens is 3. The molecule has 0 saturated heterocycles. The van der Waals surface area contributed by atoms with E-state index in [1.165, 1.54) is 23.5 Å². The van der Waals surface area contributed by atoms with E-state index in [0.717, 1.165) is 59.2 Å². The van der Waals surface area contributed by atoms with Gasteiger partial charge in [0.1, 0.15) is 11.4 Å². The quantitative estimate of drug-likeness (QED) is 0.249. The minimum Gasteiger partial charge on any atom is -0.480 e. The zero-order valence-corrected chi connectivity index (χ0v) is 21.2. The van der Waals surface area contributed by atoms with Crippen molar-refractivity contribution in [2.75, 3.05) is 0 Å². The first-order valence-corrected chi connectivity index (χ1v) is 13.3. The highest BCUT2D eigenvalue weighted by molar-refractivity contribution is 7.21. The second kappa shape index (κ2) is 10.3. The van der Waals surface area contributed by atoms with Gasteiger partial charge in [-0.3, -0.25) is 4.79 Å². The third-order valence-electron chi connectivity index (χ3n) is 7.11. The molecule has 2 heterocycles. The van der Waals surface area contributed by atoms with Gasteiger partial charge in [0, 0.05) is 0 Å². The summed E-state index contributed by atoms with van der Waals surface area (Å²) in [4.78, 5) is 23.8. The molecule has 5 rings (SSSR count). The van der Waals surface area contributed by atoms with Crippen LogP contribution in [0.25, 0.3) is 32.6 Å². The number of aromatic carboxylic acids is 1. The second-order valence-electron chi connectivity index (χ2n) is 9.78. The van der Waals surface area contributed by atoms with Crippen molar-refractivity contribution in [2.24, 2.45) is 0 Å². The van der Waals surface area contributed by atoms with Gasteiger partial charge in [-0.2, -0.15) is 13.2 Å². The summed E-state index contributed by atoms with van der Waals surface area (Å²) >= 11 is 1.18. The fraction of sp³-hybridized carbons (Fsp3) is 0.310. The maximum Gasteiger partial charge on any atom is 0.393 e. The minimum absolute atomic E-state index is 0.173. The highest BCUT2D eigenvalue weighted by atomic mass is 32.1. The minimum atomic E-state index is -4.29. The van der Waals surface area contributed by atoms with Crippen LogP contribution in [0.3, 0.4) is 0 Å². The number of carboxylic acids is 2. The number of aromatic nitrogens is 1. The molecular formula is C29H26F3NO4S. The van der Waals surface area contributed by atoms with E-state index < -0.39 is 24.5 Å². The number of alkyl halides is 3. The van der Waals surface area contributed by atoms with Crippen LogP contribution in [-0.4, -0.2) is 32.9 Å². The second-order valence-corrected chi connectivity index (χ2v) is 10.8. The van der Waals surface area contributed by atoms with Crippen LogP contribution >= 0.6 is 11.3 Å². The Morgan fingerprint density at radius 1 is 0.921 bits per heavy atom. The number of hydrogen-bond donors (Lipinski definition) is 2. The summed E-state index contributed by atoms with van der Waals surface area (Å²) in [7, 11) is 0. The topological polar surface area (TPSA) is 79.5 Å². The van der Waals surface area contributed by atoms with Gasteiger partial charge in [0.2, 0.25) is 0 Å². The predicted octanol–water partition coefficient (Wildman–Crippen LogP) is 7.97. The molecule has 38 heavy (non-hydrogen) atoms. The zero-order valence-electron chi connectivity index (χ0n) is 20.4. The van der Waals surface area contributed by atoms with Crippen molar-refractivity contribution < 1.29 is 33.0 Å². The molecule has 2 N–H and O–H groups in total. The molecule has 0 atom stereocenters. The lowest BCUT2D eigenvalue weighted by molar-refractivity contribution is -0.137. The monoisotopic (exact) mass is 541 g/mol. The van der Waals surface area contributed by atoms with E-state index in [9.17, 15) is 33.0 Å². The van der Waals surface area contributed by atoms with Gasteiger partial charge in [-0.25, -0.2) is 4.79 Å². The number of rotatable bonds is 7. The van der Waals surface area contributed by atoms with Crippen molar-refractivity contribution >= 4 is 33.5 Å². The smallest absolute Gasteiger partial charge is 0.393 e. The van der Waals surface area contributed by atoms with Crippen molar-refractivity contribution in [2.45, 2.75) is 57.2 Å². The summed E-state index contributed by atoms with van der Waals surface area (Å²) in [5.41, 5.74) is 4.77. The number of hydrogen-bond acceptors (Lipinski definition) is 3. The molecule has 0 aliphatic heterocycles. The van der Waals surface area contributed by atoms with Crippen molar-refractivity contribution in [1.82, 2.24) is 4.57 Å². The summed E-state index contributed by atoms with van der Waals surface area (Å²) in [6.45, 7) is -0.310. The SMILES string of the molecule is O=C(O)Cn1c(-c2ccc(-c3cccc(CC(F)(F)F)c3)cc2)c(C2CCCCC2)c2sc(C(=O)O)cc21. The van der Waals surface area contributed by atoms with E-state index in [1.54, 1.807) is 22.8 Å². The Hall–Kier alpha value is -3.59. The Kier molecular flexibility index (Phi) is 7.05. The van der Waals surface area contributed by atoms with Gasteiger partial charge in [-0.1, -0.05) is 67.8 Å². The number of benzene rings is 2. The summed E-state index contributed by atoms with van der Waals surface area (Å²) in [6, 6.07) is 15.3. The van der Waals surface area contributed by atoms with Gasteiger partial charge in [0.25, 0.3) is 0 Å². The maximum absolute atomic E-state index is 12.9. The normalized spacial score (nSPS) is 14.7. The summed E-state index contributed by atoms with van der Waals surface area (Å²) in [5, 5.41) is 19.3. The Morgan fingerprint density at radius 2 is 1.61 bits per heavy atom. The van der Waals surface area contributed by atoms with Crippen LogP contribution in [-0.2, 0) is 17.8 Å². The lowest BCUT2D eigenvalue weighted by atomic mass is 9.83. The maximum atomic E-state index is 12.9. The number of aliphatic carboxylic acids is 1. The Balaban J connectivity index is 1.62. The number of fused-ring (bicyclic) bond motifs is 1. The molecule has 1 fully saturated rings. The van der Waals surface area contributed by atoms with Gasteiger partial charge in [-0.05, 0) is 52.6 Å². The molecule has 0 amide bonds. The molecule has 4 aromatic rings. The third-order valence-corrected chi connectivity index (χ3v) is 8.26. The Labute approximate surface area is 221 Å². The molecular weight excluding hydrogens is 515 g/mol. The molecule has 198 valence electrons. The average molecular weight is 542 g/mol. The Bertz CT molecular complexity index is 1490. The van der Waals surface area contributed by atoms with Gasteiger partial charge >= 0.3 is 18.1 Å². The van der Waals surface area contributed by atoms with Crippen LogP contribution in [0.1, 0.15) is 58.8 Å². The van der Waals surface area contributed by atoms with Crippen molar-refractivity contribution in [3.05, 3.63) is 70.6 Å². The third kappa shape index (κ3) is 5.34. The van der Waals surface area contributed by atoms with Crippen LogP contribution in [0.5, 0.6) is 0 Å². The van der Waals surface area contributed by atoms with E-state index in [-0.39, 0.29) is 22.9 Å².